The molecule has 8 heteroatoms. The Hall–Kier alpha value is -2.38. The average Bonchev–Trinajstić information content (AvgIpc) is 3.01. The lowest BCUT2D eigenvalue weighted by Gasteiger charge is -2.23. The van der Waals surface area contributed by atoms with Crippen LogP contribution in [0.4, 0.5) is 0 Å². The van der Waals surface area contributed by atoms with E-state index in [0.717, 1.165) is 40.7 Å². The Bertz CT molecular complexity index is 1230. The van der Waals surface area contributed by atoms with Gasteiger partial charge in [-0.25, -0.2) is 9.36 Å². The summed E-state index contributed by atoms with van der Waals surface area (Å²) < 4.78 is 2.53. The summed E-state index contributed by atoms with van der Waals surface area (Å²) in [6.45, 7) is 3.67. The lowest BCUT2D eigenvalue weighted by atomic mass is 9.95. The Kier molecular flexibility index (Phi) is 5.84. The van der Waals surface area contributed by atoms with Gasteiger partial charge in [0.05, 0.1) is 11.1 Å². The summed E-state index contributed by atoms with van der Waals surface area (Å²) in [6, 6.07) is 6.78. The number of halogens is 1. The maximum atomic E-state index is 13.4. The fourth-order valence-corrected chi connectivity index (χ4v) is 5.43. The summed E-state index contributed by atoms with van der Waals surface area (Å²) in [5.74, 6) is -0.203. The monoisotopic (exact) mass is 445 g/mol. The Morgan fingerprint density at radius 3 is 2.63 bits per heavy atom. The second-order valence-electron chi connectivity index (χ2n) is 7.86. The molecule has 0 unspecified atom stereocenters. The van der Waals surface area contributed by atoms with Gasteiger partial charge in [0.25, 0.3) is 5.56 Å². The van der Waals surface area contributed by atoms with Crippen molar-refractivity contribution in [2.75, 3.05) is 0 Å². The normalized spacial score (nSPS) is 14.9. The molecule has 2 heterocycles. The molecule has 0 aliphatic heterocycles. The van der Waals surface area contributed by atoms with E-state index in [1.165, 1.54) is 22.3 Å². The van der Waals surface area contributed by atoms with Crippen LogP contribution in [0.25, 0.3) is 15.9 Å². The van der Waals surface area contributed by atoms with Crippen molar-refractivity contribution < 1.29 is 4.79 Å². The molecule has 1 aromatic carbocycles. The lowest BCUT2D eigenvalue weighted by Crippen LogP contribution is -2.43. The molecule has 158 valence electrons. The van der Waals surface area contributed by atoms with Crippen molar-refractivity contribution in [2.45, 2.75) is 58.5 Å². The molecule has 1 N–H and O–H groups in total. The fraction of sp³-hybridized carbons (Fsp3) is 0.409. The number of carbonyl (C=O) groups is 1. The molecule has 0 radical (unpaired) electrons. The van der Waals surface area contributed by atoms with E-state index >= 15 is 0 Å². The first-order valence-corrected chi connectivity index (χ1v) is 11.4. The van der Waals surface area contributed by atoms with Crippen molar-refractivity contribution in [1.29, 1.82) is 0 Å². The van der Waals surface area contributed by atoms with Crippen LogP contribution in [-0.4, -0.2) is 21.1 Å². The molecule has 2 aromatic heterocycles. The zero-order valence-electron chi connectivity index (χ0n) is 17.0. The van der Waals surface area contributed by atoms with Crippen LogP contribution in [-0.2, 0) is 11.3 Å². The van der Waals surface area contributed by atoms with Gasteiger partial charge in [0, 0.05) is 15.9 Å². The average molecular weight is 446 g/mol. The fourth-order valence-electron chi connectivity index (χ4n) is 4.10. The minimum atomic E-state index is -0.533. The number of aromatic nitrogens is 2. The second-order valence-corrected chi connectivity index (χ2v) is 9.49. The zero-order valence-corrected chi connectivity index (χ0v) is 18.6. The molecular weight excluding hydrogens is 422 g/mol. The second kappa shape index (κ2) is 8.40. The lowest BCUT2D eigenvalue weighted by molar-refractivity contribution is -0.122. The van der Waals surface area contributed by atoms with Gasteiger partial charge in [0.2, 0.25) is 5.91 Å². The number of rotatable bonds is 4. The Labute approximate surface area is 183 Å². The number of thiophene rings is 1. The van der Waals surface area contributed by atoms with Crippen molar-refractivity contribution in [3.8, 4) is 5.69 Å². The van der Waals surface area contributed by atoms with Gasteiger partial charge in [-0.1, -0.05) is 36.9 Å². The summed E-state index contributed by atoms with van der Waals surface area (Å²) in [7, 11) is 0. The van der Waals surface area contributed by atoms with Crippen LogP contribution < -0.4 is 16.6 Å². The molecule has 1 aliphatic carbocycles. The summed E-state index contributed by atoms with van der Waals surface area (Å²) in [5, 5.41) is 3.97. The van der Waals surface area contributed by atoms with E-state index in [1.807, 2.05) is 13.8 Å². The molecule has 0 saturated heterocycles. The summed E-state index contributed by atoms with van der Waals surface area (Å²) in [5.41, 5.74) is 0.305. The number of hydrogen-bond acceptors (Lipinski definition) is 4. The quantitative estimate of drug-likeness (QED) is 0.661. The van der Waals surface area contributed by atoms with Crippen LogP contribution in [0.3, 0.4) is 0 Å². The van der Waals surface area contributed by atoms with Crippen LogP contribution in [0, 0.1) is 13.8 Å². The number of fused-ring (bicyclic) bond motifs is 1. The van der Waals surface area contributed by atoms with Crippen molar-refractivity contribution in [3.05, 3.63) is 60.6 Å². The molecule has 1 amide bonds. The van der Waals surface area contributed by atoms with Gasteiger partial charge in [0.1, 0.15) is 11.4 Å². The van der Waals surface area contributed by atoms with E-state index < -0.39 is 5.69 Å². The van der Waals surface area contributed by atoms with Gasteiger partial charge >= 0.3 is 5.69 Å². The molecule has 1 saturated carbocycles. The van der Waals surface area contributed by atoms with Crippen molar-refractivity contribution in [1.82, 2.24) is 14.5 Å². The highest BCUT2D eigenvalue weighted by atomic mass is 35.5. The number of nitrogens with one attached hydrogen (secondary N) is 1. The van der Waals surface area contributed by atoms with Gasteiger partial charge < -0.3 is 5.32 Å². The van der Waals surface area contributed by atoms with E-state index in [0.29, 0.717) is 20.9 Å². The first-order valence-electron chi connectivity index (χ1n) is 10.2. The molecule has 0 spiro atoms. The number of benzene rings is 1. The summed E-state index contributed by atoms with van der Waals surface area (Å²) in [4.78, 5) is 40.9. The molecular formula is C22H24ClN3O3S. The SMILES string of the molecule is Cc1sc2c(c1C)c(=O)n(-c1cccc(Cl)c1)c(=O)n2CC(=O)NC1CCCCC1. The van der Waals surface area contributed by atoms with Crippen molar-refractivity contribution >= 4 is 39.1 Å². The van der Waals surface area contributed by atoms with Gasteiger partial charge in [0.15, 0.2) is 0 Å². The van der Waals surface area contributed by atoms with Gasteiger partial charge in [-0.05, 0) is 50.5 Å². The Balaban J connectivity index is 1.84. The minimum Gasteiger partial charge on any atom is -0.352 e. The maximum absolute atomic E-state index is 13.4. The predicted octanol–water partition coefficient (Wildman–Crippen LogP) is 3.93. The summed E-state index contributed by atoms with van der Waals surface area (Å²) >= 11 is 7.47. The molecule has 3 aromatic rings. The van der Waals surface area contributed by atoms with E-state index in [2.05, 4.69) is 5.32 Å². The number of carbonyl (C=O) groups excluding carboxylic acids is 1. The highest BCUT2D eigenvalue weighted by Crippen LogP contribution is 2.27. The number of amides is 1. The molecule has 1 aliphatic rings. The van der Waals surface area contributed by atoms with E-state index in [9.17, 15) is 14.4 Å². The maximum Gasteiger partial charge on any atom is 0.337 e. The van der Waals surface area contributed by atoms with Crippen LogP contribution in [0.15, 0.2) is 33.9 Å². The van der Waals surface area contributed by atoms with Crippen LogP contribution in [0.1, 0.15) is 42.5 Å². The Morgan fingerprint density at radius 1 is 1.20 bits per heavy atom. The first kappa shape index (κ1) is 20.9. The third kappa shape index (κ3) is 3.84. The molecule has 0 bridgehead atoms. The smallest absolute Gasteiger partial charge is 0.337 e. The highest BCUT2D eigenvalue weighted by Gasteiger charge is 2.22. The zero-order chi connectivity index (χ0) is 21.4. The molecule has 1 fully saturated rings. The van der Waals surface area contributed by atoms with Gasteiger partial charge in [-0.15, -0.1) is 11.3 Å². The molecule has 0 atom stereocenters. The van der Waals surface area contributed by atoms with E-state index in [-0.39, 0.29) is 24.1 Å². The standard InChI is InChI=1S/C22H24ClN3O3S/c1-13-14(2)30-21-19(13)20(28)26(17-10-6-7-15(23)11-17)22(29)25(21)12-18(27)24-16-8-4-3-5-9-16/h6-7,10-11,16H,3-5,8-9,12H2,1-2H3,(H,24,27). The molecule has 4 rings (SSSR count). The number of hydrogen-bond donors (Lipinski definition) is 1. The van der Waals surface area contributed by atoms with Gasteiger partial charge in [-0.2, -0.15) is 0 Å². The van der Waals surface area contributed by atoms with Crippen molar-refractivity contribution in [2.24, 2.45) is 0 Å². The largest absolute Gasteiger partial charge is 0.352 e. The topological polar surface area (TPSA) is 73.1 Å². The summed E-state index contributed by atoms with van der Waals surface area (Å²) in [6.07, 6.45) is 5.35. The Morgan fingerprint density at radius 2 is 1.93 bits per heavy atom. The highest BCUT2D eigenvalue weighted by molar-refractivity contribution is 7.18. The van der Waals surface area contributed by atoms with Crippen LogP contribution in [0.2, 0.25) is 5.02 Å². The van der Waals surface area contributed by atoms with E-state index in [1.54, 1.807) is 24.3 Å². The first-order chi connectivity index (χ1) is 14.4. The third-order valence-electron chi connectivity index (χ3n) is 5.79. The molecule has 30 heavy (non-hydrogen) atoms. The minimum absolute atomic E-state index is 0.119. The number of nitrogens with zero attached hydrogens (tertiary/aromatic N) is 2. The number of aryl methyl sites for hydroxylation is 2. The predicted molar refractivity (Wildman–Crippen MR) is 121 cm³/mol. The van der Waals surface area contributed by atoms with Gasteiger partial charge in [-0.3, -0.25) is 14.2 Å². The van der Waals surface area contributed by atoms with Crippen LogP contribution >= 0.6 is 22.9 Å². The van der Waals surface area contributed by atoms with Crippen LogP contribution in [0.5, 0.6) is 0 Å². The third-order valence-corrected chi connectivity index (χ3v) is 7.25. The molecule has 6 nitrogen and oxygen atoms in total. The van der Waals surface area contributed by atoms with Crippen molar-refractivity contribution in [3.63, 3.8) is 0 Å². The van der Waals surface area contributed by atoms with E-state index in [4.69, 9.17) is 11.6 Å².